The summed E-state index contributed by atoms with van der Waals surface area (Å²) in [5, 5.41) is 4.69. The van der Waals surface area contributed by atoms with E-state index in [0.29, 0.717) is 39.3 Å². The van der Waals surface area contributed by atoms with E-state index in [9.17, 15) is 13.2 Å². The molecule has 9 nitrogen and oxygen atoms in total. The van der Waals surface area contributed by atoms with Gasteiger partial charge in [-0.3, -0.25) is 14.4 Å². The maximum absolute atomic E-state index is 12.5. The number of nitrogens with zero attached hydrogens (tertiary/aromatic N) is 5. The summed E-state index contributed by atoms with van der Waals surface area (Å²) >= 11 is 0. The summed E-state index contributed by atoms with van der Waals surface area (Å²) in [6, 6.07) is -0.0557. The number of anilines is 1. The monoisotopic (exact) mass is 425 g/mol. The lowest BCUT2D eigenvalue weighted by Crippen LogP contribution is -2.51. The van der Waals surface area contributed by atoms with Crippen molar-refractivity contribution in [2.24, 2.45) is 0 Å². The summed E-state index contributed by atoms with van der Waals surface area (Å²) < 4.78 is 31.0. The molecule has 1 atom stereocenters. The number of rotatable bonds is 4. The summed E-state index contributed by atoms with van der Waals surface area (Å²) in [4.78, 5) is 18.9. The first-order chi connectivity index (χ1) is 13.8. The van der Waals surface area contributed by atoms with Crippen LogP contribution in [-0.2, 0) is 19.4 Å². The first-order valence-electron chi connectivity index (χ1n) is 10.4. The van der Waals surface area contributed by atoms with E-state index in [-0.39, 0.29) is 23.5 Å². The molecular weight excluding hydrogens is 394 g/mol. The van der Waals surface area contributed by atoms with Crippen LogP contribution in [-0.4, -0.2) is 104 Å². The van der Waals surface area contributed by atoms with E-state index in [4.69, 9.17) is 4.74 Å². The van der Waals surface area contributed by atoms with E-state index >= 15 is 0 Å². The predicted octanol–water partition coefficient (Wildman–Crippen LogP) is -0.160. The summed E-state index contributed by atoms with van der Waals surface area (Å²) in [7, 11) is -2.94. The van der Waals surface area contributed by atoms with Crippen LogP contribution in [0.3, 0.4) is 0 Å². The van der Waals surface area contributed by atoms with E-state index in [0.717, 1.165) is 43.3 Å². The first-order valence-corrected chi connectivity index (χ1v) is 12.2. The van der Waals surface area contributed by atoms with Crippen molar-refractivity contribution in [1.29, 1.82) is 0 Å². The van der Waals surface area contributed by atoms with E-state index < -0.39 is 9.84 Å². The Kier molecular flexibility index (Phi) is 5.85. The lowest BCUT2D eigenvalue weighted by atomic mass is 10.2. The van der Waals surface area contributed by atoms with Gasteiger partial charge in [0.1, 0.15) is 0 Å². The molecule has 0 bridgehead atoms. The standard InChI is InChI=1S/C19H31N5O4S/c1-15-19(16(2)24(20-15)17-3-12-29(26,27)14-17)23-6-4-21(5-7-23)13-18(25)22-8-10-28-11-9-22/h17H,3-14H2,1-2H3. The van der Waals surface area contributed by atoms with Crippen LogP contribution in [0.15, 0.2) is 0 Å². The van der Waals surface area contributed by atoms with Gasteiger partial charge in [-0.2, -0.15) is 5.10 Å². The van der Waals surface area contributed by atoms with E-state index in [1.807, 2.05) is 23.4 Å². The van der Waals surface area contributed by atoms with Crippen molar-refractivity contribution in [3.8, 4) is 0 Å². The third-order valence-electron chi connectivity index (χ3n) is 6.25. The topological polar surface area (TPSA) is 88.0 Å². The molecule has 1 aromatic rings. The summed E-state index contributed by atoms with van der Waals surface area (Å²) in [6.45, 7) is 10.5. The van der Waals surface area contributed by atoms with Crippen LogP contribution in [0.5, 0.6) is 0 Å². The Balaban J connectivity index is 1.37. The molecule has 3 aliphatic rings. The average Bonchev–Trinajstić information content (AvgIpc) is 3.21. The van der Waals surface area contributed by atoms with Crippen molar-refractivity contribution in [2.45, 2.75) is 26.3 Å². The minimum atomic E-state index is -2.94. The lowest BCUT2D eigenvalue weighted by molar-refractivity contribution is -0.136. The summed E-state index contributed by atoms with van der Waals surface area (Å²) in [5.74, 6) is 0.622. The molecule has 4 heterocycles. The van der Waals surface area contributed by atoms with Crippen molar-refractivity contribution < 1.29 is 17.9 Å². The summed E-state index contributed by atoms with van der Waals surface area (Å²) in [6.07, 6.45) is 0.640. The SMILES string of the molecule is Cc1nn(C2CCS(=O)(=O)C2)c(C)c1N1CCN(CC(=O)N2CCOCC2)CC1. The highest BCUT2D eigenvalue weighted by Crippen LogP contribution is 2.31. The zero-order valence-corrected chi connectivity index (χ0v) is 18.2. The predicted molar refractivity (Wildman–Crippen MR) is 110 cm³/mol. The minimum Gasteiger partial charge on any atom is -0.378 e. The molecule has 0 aromatic carbocycles. The second-order valence-corrected chi connectivity index (χ2v) is 10.5. The number of ether oxygens (including phenoxy) is 1. The van der Waals surface area contributed by atoms with Crippen LogP contribution in [0.2, 0.25) is 0 Å². The lowest BCUT2D eigenvalue weighted by Gasteiger charge is -2.37. The Morgan fingerprint density at radius 1 is 1.10 bits per heavy atom. The third kappa shape index (κ3) is 4.44. The molecule has 1 aromatic heterocycles. The second kappa shape index (κ2) is 8.23. The van der Waals surface area contributed by atoms with Crippen molar-refractivity contribution >= 4 is 21.4 Å². The molecule has 4 rings (SSSR count). The van der Waals surface area contributed by atoms with Gasteiger partial charge in [0.2, 0.25) is 5.91 Å². The summed E-state index contributed by atoms with van der Waals surface area (Å²) in [5.41, 5.74) is 3.11. The number of morpholine rings is 1. The van der Waals surface area contributed by atoms with Crippen LogP contribution in [0, 0.1) is 13.8 Å². The van der Waals surface area contributed by atoms with Crippen molar-refractivity contribution in [1.82, 2.24) is 19.6 Å². The molecule has 0 spiro atoms. The number of hydrogen-bond acceptors (Lipinski definition) is 7. The smallest absolute Gasteiger partial charge is 0.236 e. The van der Waals surface area contributed by atoms with Crippen molar-refractivity contribution in [3.63, 3.8) is 0 Å². The van der Waals surface area contributed by atoms with Gasteiger partial charge in [0, 0.05) is 39.3 Å². The van der Waals surface area contributed by atoms with Crippen molar-refractivity contribution in [3.05, 3.63) is 11.4 Å². The average molecular weight is 426 g/mol. The number of aromatic nitrogens is 2. The van der Waals surface area contributed by atoms with Crippen LogP contribution in [0.25, 0.3) is 0 Å². The van der Waals surface area contributed by atoms with Gasteiger partial charge in [0.05, 0.1) is 54.4 Å². The zero-order valence-electron chi connectivity index (χ0n) is 17.3. The molecule has 162 valence electrons. The van der Waals surface area contributed by atoms with E-state index in [2.05, 4.69) is 14.9 Å². The zero-order chi connectivity index (χ0) is 20.6. The van der Waals surface area contributed by atoms with Gasteiger partial charge in [0.15, 0.2) is 9.84 Å². The van der Waals surface area contributed by atoms with Crippen LogP contribution >= 0.6 is 0 Å². The highest BCUT2D eigenvalue weighted by Gasteiger charge is 2.33. The first kappa shape index (κ1) is 20.6. The Labute approximate surface area is 172 Å². The molecule has 1 unspecified atom stereocenters. The number of carbonyl (C=O) groups is 1. The molecular formula is C19H31N5O4S. The van der Waals surface area contributed by atoms with Gasteiger partial charge in [-0.05, 0) is 20.3 Å². The Morgan fingerprint density at radius 2 is 1.79 bits per heavy atom. The Bertz CT molecular complexity index is 854. The van der Waals surface area contributed by atoms with Gasteiger partial charge in [-0.1, -0.05) is 0 Å². The number of hydrogen-bond donors (Lipinski definition) is 0. The van der Waals surface area contributed by atoms with Gasteiger partial charge >= 0.3 is 0 Å². The normalized spacial score (nSPS) is 25.5. The fourth-order valence-corrected chi connectivity index (χ4v) is 6.36. The largest absolute Gasteiger partial charge is 0.378 e. The highest BCUT2D eigenvalue weighted by molar-refractivity contribution is 7.91. The molecule has 0 saturated carbocycles. The second-order valence-electron chi connectivity index (χ2n) is 8.28. The highest BCUT2D eigenvalue weighted by atomic mass is 32.2. The molecule has 29 heavy (non-hydrogen) atoms. The Morgan fingerprint density at radius 3 is 2.41 bits per heavy atom. The van der Waals surface area contributed by atoms with E-state index in [1.165, 1.54) is 0 Å². The Hall–Kier alpha value is -1.65. The maximum Gasteiger partial charge on any atom is 0.236 e. The molecule has 0 aliphatic carbocycles. The van der Waals surface area contributed by atoms with Crippen LogP contribution in [0.4, 0.5) is 5.69 Å². The third-order valence-corrected chi connectivity index (χ3v) is 8.00. The number of aryl methyl sites for hydroxylation is 1. The molecule has 0 radical (unpaired) electrons. The molecule has 3 fully saturated rings. The van der Waals surface area contributed by atoms with Crippen LogP contribution in [0.1, 0.15) is 23.9 Å². The molecule has 10 heteroatoms. The molecule has 1 amide bonds. The minimum absolute atomic E-state index is 0.0557. The molecule has 0 N–H and O–H groups in total. The van der Waals surface area contributed by atoms with Crippen LogP contribution < -0.4 is 4.90 Å². The number of carbonyl (C=O) groups excluding carboxylic acids is 1. The molecule has 3 aliphatic heterocycles. The van der Waals surface area contributed by atoms with Gasteiger partial charge in [-0.25, -0.2) is 8.42 Å². The van der Waals surface area contributed by atoms with Gasteiger partial charge in [-0.15, -0.1) is 0 Å². The number of sulfone groups is 1. The number of amides is 1. The van der Waals surface area contributed by atoms with Gasteiger partial charge < -0.3 is 14.5 Å². The molecule has 3 saturated heterocycles. The maximum atomic E-state index is 12.5. The van der Waals surface area contributed by atoms with Gasteiger partial charge in [0.25, 0.3) is 0 Å². The van der Waals surface area contributed by atoms with E-state index in [1.54, 1.807) is 0 Å². The number of piperazine rings is 1. The van der Waals surface area contributed by atoms with Crippen molar-refractivity contribution in [2.75, 3.05) is 75.4 Å². The fraction of sp³-hybridized carbons (Fsp3) is 0.789. The fourth-order valence-electron chi connectivity index (χ4n) is 4.67. The quantitative estimate of drug-likeness (QED) is 0.662.